The molecule has 0 aromatic rings. The van der Waals surface area contributed by atoms with E-state index in [0.29, 0.717) is 18.9 Å². The molecular weight excluding hydrogens is 294 g/mol. The van der Waals surface area contributed by atoms with Crippen LogP contribution in [-0.4, -0.2) is 85.4 Å². The van der Waals surface area contributed by atoms with Gasteiger partial charge in [-0.25, -0.2) is 0 Å². The molecule has 0 aliphatic carbocycles. The van der Waals surface area contributed by atoms with E-state index in [9.17, 15) is 9.90 Å². The number of aliphatic hydroxyl groups excluding tert-OH is 1. The monoisotopic (exact) mass is 327 g/mol. The van der Waals surface area contributed by atoms with Crippen molar-refractivity contribution in [3.05, 3.63) is 0 Å². The Kier molecular flexibility index (Phi) is 7.76. The Morgan fingerprint density at radius 3 is 2.61 bits per heavy atom. The van der Waals surface area contributed by atoms with E-state index in [-0.39, 0.29) is 24.7 Å². The van der Waals surface area contributed by atoms with E-state index in [1.165, 1.54) is 0 Å². The maximum atomic E-state index is 12.0. The summed E-state index contributed by atoms with van der Waals surface area (Å²) in [6.07, 6.45) is 3.32. The highest BCUT2D eigenvalue weighted by atomic mass is 16.5. The van der Waals surface area contributed by atoms with Gasteiger partial charge in [-0.05, 0) is 39.2 Å². The third-order valence-corrected chi connectivity index (χ3v) is 4.76. The van der Waals surface area contributed by atoms with E-state index in [1.54, 1.807) is 0 Å². The second kappa shape index (κ2) is 9.57. The zero-order valence-electron chi connectivity index (χ0n) is 14.7. The molecule has 0 aromatic heterocycles. The molecule has 3 atom stereocenters. The second-order valence-electron chi connectivity index (χ2n) is 7.11. The van der Waals surface area contributed by atoms with E-state index in [0.717, 1.165) is 52.1 Å². The fourth-order valence-electron chi connectivity index (χ4n) is 3.67. The molecule has 134 valence electrons. The summed E-state index contributed by atoms with van der Waals surface area (Å²) in [7, 11) is 0. The number of carbonyl (C=O) groups excluding carboxylic acids is 1. The van der Waals surface area contributed by atoms with E-state index in [1.807, 2.05) is 0 Å². The first-order valence-electron chi connectivity index (χ1n) is 9.04. The van der Waals surface area contributed by atoms with Crippen molar-refractivity contribution in [2.45, 2.75) is 45.3 Å². The van der Waals surface area contributed by atoms with Crippen LogP contribution in [0.1, 0.15) is 33.1 Å². The van der Waals surface area contributed by atoms with Gasteiger partial charge in [-0.1, -0.05) is 0 Å². The molecule has 23 heavy (non-hydrogen) atoms. The van der Waals surface area contributed by atoms with Crippen LogP contribution in [-0.2, 0) is 9.53 Å². The maximum absolute atomic E-state index is 12.0. The van der Waals surface area contributed by atoms with Crippen LogP contribution in [0.2, 0.25) is 0 Å². The molecule has 2 fully saturated rings. The first-order valence-corrected chi connectivity index (χ1v) is 9.04. The van der Waals surface area contributed by atoms with Gasteiger partial charge in [-0.15, -0.1) is 0 Å². The zero-order valence-corrected chi connectivity index (χ0v) is 14.7. The molecule has 2 aliphatic heterocycles. The number of aliphatic hydroxyl groups is 1. The van der Waals surface area contributed by atoms with E-state index in [4.69, 9.17) is 4.74 Å². The quantitative estimate of drug-likeness (QED) is 0.704. The van der Waals surface area contributed by atoms with E-state index < -0.39 is 0 Å². The number of nitrogens with one attached hydrogen (secondary N) is 1. The van der Waals surface area contributed by atoms with Crippen LogP contribution in [0, 0.1) is 5.92 Å². The standard InChI is InChI=1S/C17H33N3O3/c1-14-10-20(11-15(2)23-14)8-5-17(22)18-6-9-19-7-3-4-16(12-19)13-21/h14-16,21H,3-13H2,1-2H3,(H,18,22)/t14-,15+,16-/m1/s1. The molecule has 1 amide bonds. The number of morpholine rings is 1. The molecule has 2 saturated heterocycles. The minimum Gasteiger partial charge on any atom is -0.396 e. The van der Waals surface area contributed by atoms with E-state index >= 15 is 0 Å². The normalized spacial score (nSPS) is 30.3. The SMILES string of the molecule is C[C@@H]1CN(CCC(=O)NCCN2CCC[C@@H](CO)C2)C[C@H](C)O1. The summed E-state index contributed by atoms with van der Waals surface area (Å²) in [5, 5.41) is 12.3. The van der Waals surface area contributed by atoms with Crippen molar-refractivity contribution >= 4 is 5.91 Å². The lowest BCUT2D eigenvalue weighted by Crippen LogP contribution is -2.46. The predicted molar refractivity (Wildman–Crippen MR) is 90.3 cm³/mol. The van der Waals surface area contributed by atoms with Gasteiger partial charge in [-0.2, -0.15) is 0 Å². The molecule has 0 saturated carbocycles. The fraction of sp³-hybridized carbons (Fsp3) is 0.941. The summed E-state index contributed by atoms with van der Waals surface area (Å²) in [6, 6.07) is 0. The third-order valence-electron chi connectivity index (χ3n) is 4.76. The Morgan fingerprint density at radius 2 is 1.91 bits per heavy atom. The highest BCUT2D eigenvalue weighted by molar-refractivity contribution is 5.76. The molecular formula is C17H33N3O3. The lowest BCUT2D eigenvalue weighted by Gasteiger charge is -2.35. The van der Waals surface area contributed by atoms with Crippen molar-refractivity contribution in [2.75, 3.05) is 52.4 Å². The molecule has 0 unspecified atom stereocenters. The van der Waals surface area contributed by atoms with Gasteiger partial charge in [0, 0.05) is 52.3 Å². The summed E-state index contributed by atoms with van der Waals surface area (Å²) in [5.41, 5.74) is 0. The van der Waals surface area contributed by atoms with Crippen LogP contribution in [0.5, 0.6) is 0 Å². The van der Waals surface area contributed by atoms with Crippen LogP contribution >= 0.6 is 0 Å². The number of hydrogen-bond donors (Lipinski definition) is 2. The summed E-state index contributed by atoms with van der Waals surface area (Å²) < 4.78 is 5.71. The molecule has 0 spiro atoms. The van der Waals surface area contributed by atoms with Crippen molar-refractivity contribution < 1.29 is 14.6 Å². The Balaban J connectivity index is 1.56. The Hall–Kier alpha value is -0.690. The Bertz CT molecular complexity index is 357. The van der Waals surface area contributed by atoms with Crippen molar-refractivity contribution in [1.82, 2.24) is 15.1 Å². The minimum absolute atomic E-state index is 0.132. The number of carbonyl (C=O) groups is 1. The molecule has 2 aliphatic rings. The van der Waals surface area contributed by atoms with Crippen LogP contribution in [0.25, 0.3) is 0 Å². The average Bonchev–Trinajstić information content (AvgIpc) is 2.52. The molecule has 0 aromatic carbocycles. The smallest absolute Gasteiger partial charge is 0.221 e. The third kappa shape index (κ3) is 6.75. The van der Waals surface area contributed by atoms with Gasteiger partial charge in [0.25, 0.3) is 0 Å². The van der Waals surface area contributed by atoms with Crippen molar-refractivity contribution in [3.8, 4) is 0 Å². The zero-order chi connectivity index (χ0) is 16.7. The van der Waals surface area contributed by atoms with Crippen LogP contribution in [0.4, 0.5) is 0 Å². The summed E-state index contributed by atoms with van der Waals surface area (Å²) >= 11 is 0. The van der Waals surface area contributed by atoms with E-state index in [2.05, 4.69) is 29.0 Å². The largest absolute Gasteiger partial charge is 0.396 e. The summed E-state index contributed by atoms with van der Waals surface area (Å²) in [6.45, 7) is 10.7. The molecule has 6 nitrogen and oxygen atoms in total. The van der Waals surface area contributed by atoms with Gasteiger partial charge in [0.15, 0.2) is 0 Å². The summed E-state index contributed by atoms with van der Waals surface area (Å²) in [4.78, 5) is 16.6. The van der Waals surface area contributed by atoms with Gasteiger partial charge < -0.3 is 20.1 Å². The van der Waals surface area contributed by atoms with Crippen LogP contribution in [0.15, 0.2) is 0 Å². The van der Waals surface area contributed by atoms with Crippen molar-refractivity contribution in [2.24, 2.45) is 5.92 Å². The molecule has 0 radical (unpaired) electrons. The number of nitrogens with zero attached hydrogens (tertiary/aromatic N) is 2. The number of hydrogen-bond acceptors (Lipinski definition) is 5. The fourth-order valence-corrected chi connectivity index (χ4v) is 3.67. The first-order chi connectivity index (χ1) is 11.1. The molecule has 2 heterocycles. The molecule has 2 rings (SSSR count). The van der Waals surface area contributed by atoms with Gasteiger partial charge >= 0.3 is 0 Å². The highest BCUT2D eigenvalue weighted by Gasteiger charge is 2.22. The van der Waals surface area contributed by atoms with Gasteiger partial charge in [0.05, 0.1) is 12.2 Å². The number of ether oxygens (including phenoxy) is 1. The van der Waals surface area contributed by atoms with Crippen LogP contribution < -0.4 is 5.32 Å². The molecule has 2 N–H and O–H groups in total. The molecule has 6 heteroatoms. The number of amides is 1. The lowest BCUT2D eigenvalue weighted by molar-refractivity contribution is -0.122. The second-order valence-corrected chi connectivity index (χ2v) is 7.11. The molecule has 0 bridgehead atoms. The topological polar surface area (TPSA) is 65.0 Å². The highest BCUT2D eigenvalue weighted by Crippen LogP contribution is 2.15. The lowest BCUT2D eigenvalue weighted by atomic mass is 9.99. The number of rotatable bonds is 7. The van der Waals surface area contributed by atoms with Crippen LogP contribution in [0.3, 0.4) is 0 Å². The minimum atomic E-state index is 0.132. The van der Waals surface area contributed by atoms with Gasteiger partial charge in [-0.3, -0.25) is 9.69 Å². The maximum Gasteiger partial charge on any atom is 0.221 e. The van der Waals surface area contributed by atoms with Crippen molar-refractivity contribution in [3.63, 3.8) is 0 Å². The average molecular weight is 327 g/mol. The summed E-state index contributed by atoms with van der Waals surface area (Å²) in [5.74, 6) is 0.539. The Labute approximate surface area is 140 Å². The predicted octanol–water partition coefficient (Wildman–Crippen LogP) is 0.306. The van der Waals surface area contributed by atoms with Crippen molar-refractivity contribution in [1.29, 1.82) is 0 Å². The number of piperidine rings is 1. The number of likely N-dealkylation sites (tertiary alicyclic amines) is 1. The van der Waals surface area contributed by atoms with Gasteiger partial charge in [0.2, 0.25) is 5.91 Å². The Morgan fingerprint density at radius 1 is 1.17 bits per heavy atom. The first kappa shape index (κ1) is 18.6. The van der Waals surface area contributed by atoms with Gasteiger partial charge in [0.1, 0.15) is 0 Å².